The summed E-state index contributed by atoms with van der Waals surface area (Å²) in [6, 6.07) is 9.93. The lowest BCUT2D eigenvalue weighted by molar-refractivity contribution is -0.191. The third-order valence-electron chi connectivity index (χ3n) is 4.17. The fraction of sp³-hybridized carbons (Fsp3) is 0.353. The van der Waals surface area contributed by atoms with Gasteiger partial charge in [0.25, 0.3) is 0 Å². The summed E-state index contributed by atoms with van der Waals surface area (Å²) >= 11 is 0. The van der Waals surface area contributed by atoms with E-state index < -0.39 is 23.5 Å². The predicted octanol–water partition coefficient (Wildman–Crippen LogP) is 3.82. The molecule has 1 amide bonds. The second kappa shape index (κ2) is 5.23. The van der Waals surface area contributed by atoms with Gasteiger partial charge in [0.2, 0.25) is 5.91 Å². The summed E-state index contributed by atoms with van der Waals surface area (Å²) in [6.45, 7) is 3.27. The first kappa shape index (κ1) is 15.8. The van der Waals surface area contributed by atoms with Gasteiger partial charge in [0.05, 0.1) is 5.41 Å². The molecule has 1 fully saturated rings. The molecule has 0 spiro atoms. The number of nitrogens with one attached hydrogen (secondary N) is 1. The van der Waals surface area contributed by atoms with Crippen LogP contribution in [0.4, 0.5) is 13.2 Å². The molecule has 1 aliphatic heterocycles. The third-order valence-corrected chi connectivity index (χ3v) is 4.17. The van der Waals surface area contributed by atoms with Crippen LogP contribution in [0, 0.1) is 5.41 Å². The minimum Gasteiger partial charge on any atom is -0.287 e. The number of hydrogen-bond donors (Lipinski definition) is 1. The van der Waals surface area contributed by atoms with Gasteiger partial charge in [-0.05, 0) is 30.2 Å². The van der Waals surface area contributed by atoms with Crippen LogP contribution in [0.3, 0.4) is 0 Å². The number of amides is 1. The van der Waals surface area contributed by atoms with E-state index in [1.165, 1.54) is 6.07 Å². The number of fused-ring (bicyclic) bond motifs is 1. The summed E-state index contributed by atoms with van der Waals surface area (Å²) in [5.41, 5.74) is 1.68. The zero-order chi connectivity index (χ0) is 16.8. The van der Waals surface area contributed by atoms with E-state index in [4.69, 9.17) is 0 Å². The average molecular weight is 322 g/mol. The van der Waals surface area contributed by atoms with Gasteiger partial charge in [-0.2, -0.15) is 13.2 Å². The van der Waals surface area contributed by atoms with Crippen LogP contribution in [0.25, 0.3) is 10.8 Å². The minimum atomic E-state index is -4.50. The molecule has 23 heavy (non-hydrogen) atoms. The average Bonchev–Trinajstić information content (AvgIpc) is 2.71. The Kier molecular flexibility index (Phi) is 3.59. The molecule has 0 radical (unpaired) electrons. The summed E-state index contributed by atoms with van der Waals surface area (Å²) in [5, 5.41) is 2.28. The SMILES string of the molecule is CC1(C)CN(C(c2cccc3ccccc23)C(F)(F)F)NC1=O. The third kappa shape index (κ3) is 2.79. The molecular formula is C17H17F3N2O. The summed E-state index contributed by atoms with van der Waals surface area (Å²) < 4.78 is 41.3. The van der Waals surface area contributed by atoms with Crippen LogP contribution in [0.1, 0.15) is 25.5 Å². The lowest BCUT2D eigenvalue weighted by Crippen LogP contribution is -2.43. The van der Waals surface area contributed by atoms with Crippen molar-refractivity contribution in [3.63, 3.8) is 0 Å². The monoisotopic (exact) mass is 322 g/mol. The summed E-state index contributed by atoms with van der Waals surface area (Å²) in [7, 11) is 0. The minimum absolute atomic E-state index is 0.000763. The Morgan fingerprint density at radius 3 is 2.39 bits per heavy atom. The van der Waals surface area contributed by atoms with Crippen molar-refractivity contribution in [2.24, 2.45) is 5.41 Å². The highest BCUT2D eigenvalue weighted by Crippen LogP contribution is 2.42. The number of carbonyl (C=O) groups is 1. The van der Waals surface area contributed by atoms with Gasteiger partial charge >= 0.3 is 6.18 Å². The molecule has 122 valence electrons. The Morgan fingerprint density at radius 2 is 1.78 bits per heavy atom. The summed E-state index contributed by atoms with van der Waals surface area (Å²) in [4.78, 5) is 11.9. The Labute approximate surface area is 132 Å². The van der Waals surface area contributed by atoms with Crippen LogP contribution in [-0.2, 0) is 4.79 Å². The van der Waals surface area contributed by atoms with Crippen molar-refractivity contribution in [1.29, 1.82) is 0 Å². The van der Waals surface area contributed by atoms with Crippen LogP contribution in [-0.4, -0.2) is 23.6 Å². The Hall–Kier alpha value is -2.08. The molecule has 6 heteroatoms. The van der Waals surface area contributed by atoms with Crippen molar-refractivity contribution in [3.05, 3.63) is 48.0 Å². The molecule has 0 aromatic heterocycles. The molecule has 1 aliphatic rings. The molecule has 1 atom stereocenters. The lowest BCUT2D eigenvalue weighted by atomic mass is 9.93. The van der Waals surface area contributed by atoms with Crippen molar-refractivity contribution in [1.82, 2.24) is 10.4 Å². The fourth-order valence-corrected chi connectivity index (χ4v) is 2.98. The highest BCUT2D eigenvalue weighted by molar-refractivity contribution is 5.87. The van der Waals surface area contributed by atoms with Crippen molar-refractivity contribution < 1.29 is 18.0 Å². The van der Waals surface area contributed by atoms with E-state index in [1.54, 1.807) is 50.2 Å². The van der Waals surface area contributed by atoms with Gasteiger partial charge in [0.15, 0.2) is 6.04 Å². The quantitative estimate of drug-likeness (QED) is 0.912. The first-order chi connectivity index (χ1) is 10.7. The van der Waals surface area contributed by atoms with Gasteiger partial charge in [-0.3, -0.25) is 10.2 Å². The second-order valence-corrected chi connectivity index (χ2v) is 6.47. The van der Waals surface area contributed by atoms with E-state index in [2.05, 4.69) is 5.43 Å². The maximum atomic E-state index is 13.8. The van der Waals surface area contributed by atoms with E-state index in [-0.39, 0.29) is 12.1 Å². The Morgan fingerprint density at radius 1 is 1.13 bits per heavy atom. The largest absolute Gasteiger partial charge is 0.409 e. The normalized spacial score (nSPS) is 19.8. The number of nitrogens with zero attached hydrogens (tertiary/aromatic N) is 1. The molecule has 0 bridgehead atoms. The van der Waals surface area contributed by atoms with Gasteiger partial charge in [0.1, 0.15) is 0 Å². The Bertz CT molecular complexity index is 750. The molecule has 2 aromatic carbocycles. The van der Waals surface area contributed by atoms with Gasteiger partial charge in [0, 0.05) is 6.54 Å². The molecule has 3 nitrogen and oxygen atoms in total. The van der Waals surface area contributed by atoms with Gasteiger partial charge < -0.3 is 0 Å². The topological polar surface area (TPSA) is 32.3 Å². The van der Waals surface area contributed by atoms with Gasteiger partial charge in [-0.1, -0.05) is 42.5 Å². The number of carbonyl (C=O) groups excluding carboxylic acids is 1. The van der Waals surface area contributed by atoms with Crippen LogP contribution in [0.15, 0.2) is 42.5 Å². The zero-order valence-electron chi connectivity index (χ0n) is 12.8. The number of benzene rings is 2. The molecular weight excluding hydrogens is 305 g/mol. The van der Waals surface area contributed by atoms with Crippen LogP contribution in [0.2, 0.25) is 0 Å². The van der Waals surface area contributed by atoms with Crippen molar-refractivity contribution in [2.75, 3.05) is 6.54 Å². The van der Waals surface area contributed by atoms with Crippen LogP contribution < -0.4 is 5.43 Å². The van der Waals surface area contributed by atoms with E-state index in [0.717, 1.165) is 10.4 Å². The van der Waals surface area contributed by atoms with E-state index >= 15 is 0 Å². The molecule has 1 N–H and O–H groups in total. The van der Waals surface area contributed by atoms with Crippen molar-refractivity contribution in [2.45, 2.75) is 26.1 Å². The molecule has 3 rings (SSSR count). The molecule has 0 saturated carbocycles. The smallest absolute Gasteiger partial charge is 0.287 e. The fourth-order valence-electron chi connectivity index (χ4n) is 2.98. The molecule has 1 heterocycles. The van der Waals surface area contributed by atoms with E-state index in [0.29, 0.717) is 5.39 Å². The summed E-state index contributed by atoms with van der Waals surface area (Å²) in [5.74, 6) is -0.396. The first-order valence-electron chi connectivity index (χ1n) is 7.32. The molecule has 1 unspecified atom stereocenters. The van der Waals surface area contributed by atoms with Crippen molar-refractivity contribution >= 4 is 16.7 Å². The van der Waals surface area contributed by atoms with Crippen molar-refractivity contribution in [3.8, 4) is 0 Å². The highest BCUT2D eigenvalue weighted by atomic mass is 19.4. The number of halogens is 3. The highest BCUT2D eigenvalue weighted by Gasteiger charge is 2.51. The number of hydrogen-bond acceptors (Lipinski definition) is 2. The number of hydrazine groups is 1. The van der Waals surface area contributed by atoms with Crippen LogP contribution >= 0.6 is 0 Å². The maximum absolute atomic E-state index is 13.8. The van der Waals surface area contributed by atoms with Gasteiger partial charge in [-0.15, -0.1) is 0 Å². The Balaban J connectivity index is 2.12. The van der Waals surface area contributed by atoms with E-state index in [9.17, 15) is 18.0 Å². The molecule has 2 aromatic rings. The zero-order valence-corrected chi connectivity index (χ0v) is 12.8. The molecule has 1 saturated heterocycles. The van der Waals surface area contributed by atoms with Gasteiger partial charge in [-0.25, -0.2) is 5.01 Å². The second-order valence-electron chi connectivity index (χ2n) is 6.47. The predicted molar refractivity (Wildman–Crippen MR) is 81.4 cm³/mol. The maximum Gasteiger partial charge on any atom is 0.409 e. The van der Waals surface area contributed by atoms with Crippen LogP contribution in [0.5, 0.6) is 0 Å². The summed E-state index contributed by atoms with van der Waals surface area (Å²) in [6.07, 6.45) is -4.50. The standard InChI is InChI=1S/C17H17F3N2O/c1-16(2)10-22(21-15(16)23)14(17(18,19)20)13-9-5-7-11-6-3-4-8-12(11)13/h3-9,14H,10H2,1-2H3,(H,21,23). The lowest BCUT2D eigenvalue weighted by Gasteiger charge is -2.30. The molecule has 0 aliphatic carbocycles. The number of rotatable bonds is 2. The first-order valence-corrected chi connectivity index (χ1v) is 7.32. The van der Waals surface area contributed by atoms with E-state index in [1.807, 2.05) is 0 Å². The number of alkyl halides is 3.